The monoisotopic (exact) mass is 457 g/mol. The zero-order valence-corrected chi connectivity index (χ0v) is 21.5. The number of allylic oxidation sites excluding steroid dienone is 6. The summed E-state index contributed by atoms with van der Waals surface area (Å²) in [6.07, 6.45) is 9.74. The van der Waals surface area contributed by atoms with E-state index < -0.39 is 0 Å². The second-order valence-electron chi connectivity index (χ2n) is 12.0. The number of rotatable bonds is 3. The van der Waals surface area contributed by atoms with Gasteiger partial charge in [0.05, 0.1) is 0 Å². The van der Waals surface area contributed by atoms with E-state index in [1.165, 1.54) is 16.8 Å². The molecule has 34 heavy (non-hydrogen) atoms. The largest absolute Gasteiger partial charge is 0.461 e. The first-order valence-corrected chi connectivity index (χ1v) is 12.1. The Morgan fingerprint density at radius 1 is 1.06 bits per heavy atom. The van der Waals surface area contributed by atoms with Crippen molar-refractivity contribution in [1.29, 1.82) is 5.26 Å². The van der Waals surface area contributed by atoms with E-state index in [0.29, 0.717) is 17.1 Å². The molecule has 0 aliphatic carbocycles. The fraction of sp³-hybridized carbons (Fsp3) is 0.483. The number of hydrogen-bond donors (Lipinski definition) is 0. The van der Waals surface area contributed by atoms with Gasteiger partial charge in [-0.1, -0.05) is 54.5 Å². The summed E-state index contributed by atoms with van der Waals surface area (Å²) in [7, 11) is 0. The number of nitrogens with zero attached hydrogens (tertiary/aromatic N) is 3. The Hall–Kier alpha value is -3.13. The maximum absolute atomic E-state index is 11.2. The summed E-state index contributed by atoms with van der Waals surface area (Å²) in [5, 5.41) is 12.2. The van der Waals surface area contributed by atoms with E-state index in [1.54, 1.807) is 12.2 Å². The minimum absolute atomic E-state index is 0.119. The summed E-state index contributed by atoms with van der Waals surface area (Å²) in [6, 6.07) is 6.53. The summed E-state index contributed by atoms with van der Waals surface area (Å²) < 4.78 is 6.16. The highest BCUT2D eigenvalue weighted by atomic mass is 16.5. The van der Waals surface area contributed by atoms with Crippen molar-refractivity contribution < 1.29 is 4.74 Å². The van der Waals surface area contributed by atoms with Crippen molar-refractivity contribution in [2.24, 2.45) is 10.6 Å². The third kappa shape index (κ3) is 4.34. The molecule has 5 heteroatoms. The molecule has 0 aromatic heterocycles. The predicted octanol–water partition coefficient (Wildman–Crippen LogP) is 7.26. The van der Waals surface area contributed by atoms with Gasteiger partial charge in [-0.25, -0.2) is 0 Å². The van der Waals surface area contributed by atoms with Crippen molar-refractivity contribution in [2.45, 2.75) is 72.1 Å². The minimum atomic E-state index is -0.282. The Bertz CT molecular complexity index is 1160. The van der Waals surface area contributed by atoms with Gasteiger partial charge < -0.3 is 9.64 Å². The van der Waals surface area contributed by atoms with Crippen molar-refractivity contribution in [2.75, 3.05) is 18.0 Å². The molecule has 5 nitrogen and oxygen atoms in total. The number of ether oxygens (including phenoxy) is 1. The van der Waals surface area contributed by atoms with Crippen molar-refractivity contribution in [1.82, 2.24) is 0 Å². The van der Waals surface area contributed by atoms with Crippen LogP contribution in [0.5, 0.6) is 0 Å². The van der Waals surface area contributed by atoms with Crippen molar-refractivity contribution in [3.63, 3.8) is 0 Å². The summed E-state index contributed by atoms with van der Waals surface area (Å²) >= 11 is 0. The van der Waals surface area contributed by atoms with Crippen LogP contribution in [0.25, 0.3) is 6.08 Å². The third-order valence-corrected chi connectivity index (χ3v) is 7.38. The molecule has 0 radical (unpaired) electrons. The molecule has 3 heterocycles. The van der Waals surface area contributed by atoms with Crippen molar-refractivity contribution >= 4 is 11.8 Å². The molecule has 3 aliphatic heterocycles. The lowest BCUT2D eigenvalue weighted by molar-refractivity contribution is 0.223. The van der Waals surface area contributed by atoms with Gasteiger partial charge in [-0.05, 0) is 75.9 Å². The molecule has 0 unspecified atom stereocenters. The summed E-state index contributed by atoms with van der Waals surface area (Å²) in [5.41, 5.74) is 5.68. The van der Waals surface area contributed by atoms with Crippen LogP contribution < -0.4 is 4.90 Å². The number of benzene rings is 1. The average Bonchev–Trinajstić information content (AvgIpc) is 2.76. The quantitative estimate of drug-likeness (QED) is 0.354. The van der Waals surface area contributed by atoms with Crippen LogP contribution in [0.3, 0.4) is 0 Å². The minimum Gasteiger partial charge on any atom is -0.461 e. The lowest BCUT2D eigenvalue weighted by Crippen LogP contribution is -2.44. The topological polar surface area (TPSA) is 65.7 Å². The van der Waals surface area contributed by atoms with Crippen molar-refractivity contribution in [3.8, 4) is 6.07 Å². The molecular weight excluding hydrogens is 422 g/mol. The SMILES string of the molecule is CC(C)(C)C1=C/C(=C(/C#N)N=O)C=C(/C=C/c2cc3c4c(c2)C(C)(C)CCN4CCC3(C)C)O1. The molecule has 0 N–H and O–H groups in total. The Morgan fingerprint density at radius 2 is 1.65 bits per heavy atom. The Labute approximate surface area is 203 Å². The standard InChI is InChI=1S/C29H35N3O2/c1-27(2,3)25-17-20(24(18-30)31-33)16-21(34-25)9-8-19-14-22-26-23(15-19)29(6,7)11-13-32(26)12-10-28(22,4)5/h8-9,14-17H,10-13H2,1-7H3/b9-8+,24-20-. The Morgan fingerprint density at radius 3 is 2.15 bits per heavy atom. The number of nitriles is 1. The van der Waals surface area contributed by atoms with E-state index >= 15 is 0 Å². The lowest BCUT2D eigenvalue weighted by atomic mass is 9.69. The smallest absolute Gasteiger partial charge is 0.192 e. The first-order valence-electron chi connectivity index (χ1n) is 12.1. The maximum atomic E-state index is 11.2. The lowest BCUT2D eigenvalue weighted by Gasteiger charge is -2.48. The average molecular weight is 458 g/mol. The van der Waals surface area contributed by atoms with Gasteiger partial charge in [0.15, 0.2) is 5.70 Å². The van der Waals surface area contributed by atoms with Gasteiger partial charge in [-0.2, -0.15) is 5.26 Å². The normalized spacial score (nSPS) is 22.2. The summed E-state index contributed by atoms with van der Waals surface area (Å²) in [5.74, 6) is 1.28. The zero-order chi connectivity index (χ0) is 24.9. The molecule has 3 aliphatic rings. The summed E-state index contributed by atoms with van der Waals surface area (Å²) in [4.78, 5) is 13.8. The van der Waals surface area contributed by atoms with E-state index in [1.807, 2.05) is 32.9 Å². The molecule has 1 aromatic carbocycles. The second-order valence-corrected chi connectivity index (χ2v) is 12.0. The van der Waals surface area contributed by atoms with E-state index in [2.05, 4.69) is 56.0 Å². The van der Waals surface area contributed by atoms with Gasteiger partial charge in [0.2, 0.25) is 0 Å². The second kappa shape index (κ2) is 8.27. The molecule has 0 saturated heterocycles. The first kappa shape index (κ1) is 24.0. The highest BCUT2D eigenvalue weighted by Gasteiger charge is 2.39. The van der Waals surface area contributed by atoms with Crippen molar-refractivity contribution in [3.05, 3.63) is 74.7 Å². The van der Waals surface area contributed by atoms with Crippen LogP contribution >= 0.6 is 0 Å². The molecule has 0 bridgehead atoms. The maximum Gasteiger partial charge on any atom is 0.192 e. The van der Waals surface area contributed by atoms with Gasteiger partial charge in [0.25, 0.3) is 0 Å². The number of anilines is 1. The molecule has 0 spiro atoms. The fourth-order valence-electron chi connectivity index (χ4n) is 4.99. The van der Waals surface area contributed by atoms with E-state index in [0.717, 1.165) is 31.5 Å². The van der Waals surface area contributed by atoms with E-state index in [9.17, 15) is 10.2 Å². The van der Waals surface area contributed by atoms with Gasteiger partial charge >= 0.3 is 0 Å². The zero-order valence-electron chi connectivity index (χ0n) is 21.5. The fourth-order valence-corrected chi connectivity index (χ4v) is 4.99. The van der Waals surface area contributed by atoms with Gasteiger partial charge in [-0.15, -0.1) is 4.91 Å². The van der Waals surface area contributed by atoms with Crippen LogP contribution in [0.15, 0.2) is 58.3 Å². The molecule has 0 atom stereocenters. The van der Waals surface area contributed by atoms with Crippen LogP contribution in [0.2, 0.25) is 0 Å². The highest BCUT2D eigenvalue weighted by molar-refractivity contribution is 5.72. The first-order chi connectivity index (χ1) is 15.9. The molecule has 178 valence electrons. The predicted molar refractivity (Wildman–Crippen MR) is 138 cm³/mol. The van der Waals surface area contributed by atoms with Crippen LogP contribution in [0.4, 0.5) is 5.69 Å². The van der Waals surface area contributed by atoms with Gasteiger partial charge in [0.1, 0.15) is 17.6 Å². The Kier molecular flexibility index (Phi) is 5.84. The third-order valence-electron chi connectivity index (χ3n) is 7.38. The van der Waals surface area contributed by atoms with E-state index in [4.69, 9.17) is 4.74 Å². The molecule has 1 aromatic rings. The number of hydrogen-bond acceptors (Lipinski definition) is 5. The molecule has 0 saturated carbocycles. The van der Waals surface area contributed by atoms with Crippen LogP contribution in [0.1, 0.15) is 78.0 Å². The highest BCUT2D eigenvalue weighted by Crippen LogP contribution is 2.49. The number of nitroso groups, excluding NO2 is 1. The van der Waals surface area contributed by atoms with Crippen LogP contribution in [-0.2, 0) is 15.6 Å². The van der Waals surface area contributed by atoms with Gasteiger partial charge in [0, 0.05) is 29.8 Å². The molecule has 0 amide bonds. The van der Waals surface area contributed by atoms with Crippen LogP contribution in [-0.4, -0.2) is 13.1 Å². The molecular formula is C29H35N3O2. The molecule has 4 rings (SSSR count). The molecule has 0 fully saturated rings. The van der Waals surface area contributed by atoms with E-state index in [-0.39, 0.29) is 21.9 Å². The summed E-state index contributed by atoms with van der Waals surface area (Å²) in [6.45, 7) is 17.7. The van der Waals surface area contributed by atoms with Crippen LogP contribution in [0, 0.1) is 21.7 Å². The van der Waals surface area contributed by atoms with Gasteiger partial charge in [-0.3, -0.25) is 0 Å². The Balaban J connectivity index is 1.78.